The molecule has 128 valence electrons. The Labute approximate surface area is 143 Å². The molecule has 4 saturated carbocycles. The topological polar surface area (TPSA) is 86.5 Å². The molecule has 4 fully saturated rings. The summed E-state index contributed by atoms with van der Waals surface area (Å²) in [5, 5.41) is 10.6. The van der Waals surface area contributed by atoms with E-state index in [4.69, 9.17) is 4.74 Å². The highest BCUT2D eigenvalue weighted by Crippen LogP contribution is 2.60. The third kappa shape index (κ3) is 2.64. The van der Waals surface area contributed by atoms with Gasteiger partial charge in [0.2, 0.25) is 0 Å². The van der Waals surface area contributed by atoms with E-state index in [0.29, 0.717) is 17.8 Å². The molecule has 1 aromatic heterocycles. The van der Waals surface area contributed by atoms with Crippen LogP contribution in [0.2, 0.25) is 0 Å². The van der Waals surface area contributed by atoms with Gasteiger partial charge in [-0.1, -0.05) is 11.3 Å². The summed E-state index contributed by atoms with van der Waals surface area (Å²) in [4.78, 5) is 35.1. The summed E-state index contributed by atoms with van der Waals surface area (Å²) in [7, 11) is 0. The van der Waals surface area contributed by atoms with Crippen LogP contribution in [0.4, 0.5) is 5.00 Å². The van der Waals surface area contributed by atoms with Gasteiger partial charge >= 0.3 is 11.0 Å². The molecule has 24 heavy (non-hydrogen) atoms. The van der Waals surface area contributed by atoms with Gasteiger partial charge in [0, 0.05) is 11.5 Å². The van der Waals surface area contributed by atoms with Gasteiger partial charge in [-0.3, -0.25) is 14.9 Å². The second-order valence-corrected chi connectivity index (χ2v) is 8.65. The lowest BCUT2D eigenvalue weighted by atomic mass is 9.48. The smallest absolute Gasteiger partial charge is 0.348 e. The average molecular weight is 349 g/mol. The molecule has 1 aromatic rings. The second kappa shape index (κ2) is 5.65. The number of nitrogens with zero attached hydrogens (tertiary/aromatic N) is 1. The van der Waals surface area contributed by atoms with E-state index >= 15 is 0 Å². The number of nitro groups is 1. The van der Waals surface area contributed by atoms with Crippen LogP contribution in [0, 0.1) is 33.3 Å². The van der Waals surface area contributed by atoms with Crippen LogP contribution >= 0.6 is 11.3 Å². The molecule has 0 N–H and O–H groups in total. The van der Waals surface area contributed by atoms with Crippen molar-refractivity contribution in [1.29, 1.82) is 0 Å². The molecule has 6 nitrogen and oxygen atoms in total. The minimum absolute atomic E-state index is 0.0426. The Morgan fingerprint density at radius 1 is 1.17 bits per heavy atom. The van der Waals surface area contributed by atoms with Gasteiger partial charge in [-0.15, -0.1) is 0 Å². The molecule has 0 saturated heterocycles. The highest BCUT2D eigenvalue weighted by Gasteiger charge is 2.54. The summed E-state index contributed by atoms with van der Waals surface area (Å²) in [6, 6.07) is 2.66. The number of hydrogen-bond donors (Lipinski definition) is 0. The summed E-state index contributed by atoms with van der Waals surface area (Å²) in [5.41, 5.74) is -0.281. The van der Waals surface area contributed by atoms with Crippen LogP contribution < -0.4 is 0 Å². The molecular formula is C17H19NO5S. The molecule has 7 heteroatoms. The fraction of sp³-hybridized carbons (Fsp3) is 0.647. The van der Waals surface area contributed by atoms with Crippen molar-refractivity contribution < 1.29 is 19.2 Å². The van der Waals surface area contributed by atoms with Crippen LogP contribution in [-0.2, 0) is 9.53 Å². The fourth-order valence-electron chi connectivity index (χ4n) is 5.34. The predicted molar refractivity (Wildman–Crippen MR) is 86.9 cm³/mol. The third-order valence-corrected chi connectivity index (χ3v) is 6.95. The Kier molecular flexibility index (Phi) is 3.71. The molecular weight excluding hydrogens is 330 g/mol. The van der Waals surface area contributed by atoms with Crippen LogP contribution in [0.15, 0.2) is 12.1 Å². The molecule has 4 bridgehead atoms. The fourth-order valence-corrected chi connectivity index (χ4v) is 6.06. The maximum Gasteiger partial charge on any atom is 0.348 e. The number of rotatable bonds is 5. The van der Waals surface area contributed by atoms with Gasteiger partial charge in [0.25, 0.3) is 0 Å². The first kappa shape index (κ1) is 15.7. The first-order valence-electron chi connectivity index (χ1n) is 8.40. The largest absolute Gasteiger partial charge is 0.453 e. The number of hydrogen-bond acceptors (Lipinski definition) is 6. The second-order valence-electron chi connectivity index (χ2n) is 7.59. The Morgan fingerprint density at radius 3 is 2.25 bits per heavy atom. The van der Waals surface area contributed by atoms with Gasteiger partial charge in [0.05, 0.1) is 4.92 Å². The standard InChI is InChI=1S/C17H19NO5S/c19-14(9-23-16(20)13-1-2-15(24-13)18(21)22)17-6-10-3-11(7-17)5-12(4-10)8-17/h1-2,10-12H,3-9H2. The van der Waals surface area contributed by atoms with Gasteiger partial charge in [-0.05, 0) is 62.3 Å². The summed E-state index contributed by atoms with van der Waals surface area (Å²) < 4.78 is 5.17. The van der Waals surface area contributed by atoms with Crippen LogP contribution in [0.1, 0.15) is 48.2 Å². The number of ketones is 1. The van der Waals surface area contributed by atoms with Crippen molar-refractivity contribution in [3.8, 4) is 0 Å². The highest BCUT2D eigenvalue weighted by molar-refractivity contribution is 7.17. The van der Waals surface area contributed by atoms with E-state index in [0.717, 1.165) is 30.6 Å². The molecule has 0 aromatic carbocycles. The summed E-state index contributed by atoms with van der Waals surface area (Å²) in [6.07, 6.45) is 6.60. The van der Waals surface area contributed by atoms with E-state index in [1.165, 1.54) is 31.4 Å². The summed E-state index contributed by atoms with van der Waals surface area (Å²) in [6.45, 7) is -0.212. The van der Waals surface area contributed by atoms with E-state index in [9.17, 15) is 19.7 Å². The third-order valence-electron chi connectivity index (χ3n) is 5.94. The monoisotopic (exact) mass is 349 g/mol. The molecule has 0 unspecified atom stereocenters. The summed E-state index contributed by atoms with van der Waals surface area (Å²) in [5.74, 6) is 1.38. The average Bonchev–Trinajstić information content (AvgIpc) is 3.01. The van der Waals surface area contributed by atoms with Gasteiger partial charge in [-0.2, -0.15) is 0 Å². The van der Waals surface area contributed by atoms with E-state index in [1.807, 2.05) is 0 Å². The lowest BCUT2D eigenvalue weighted by Crippen LogP contribution is -2.51. The Morgan fingerprint density at radius 2 is 1.75 bits per heavy atom. The number of Topliss-reactive ketones (excluding diaryl/α,β-unsaturated/α-hetero) is 1. The first-order chi connectivity index (χ1) is 11.4. The Balaban J connectivity index is 1.39. The molecule has 1 heterocycles. The van der Waals surface area contributed by atoms with Crippen LogP contribution in [0.5, 0.6) is 0 Å². The zero-order valence-electron chi connectivity index (χ0n) is 13.2. The molecule has 0 atom stereocenters. The van der Waals surface area contributed by atoms with E-state index in [2.05, 4.69) is 0 Å². The van der Waals surface area contributed by atoms with Crippen LogP contribution in [0.3, 0.4) is 0 Å². The molecule has 0 aliphatic heterocycles. The van der Waals surface area contributed by atoms with Crippen molar-refractivity contribution in [1.82, 2.24) is 0 Å². The maximum absolute atomic E-state index is 12.8. The van der Waals surface area contributed by atoms with Crippen molar-refractivity contribution in [2.24, 2.45) is 23.2 Å². The van der Waals surface area contributed by atoms with Crippen molar-refractivity contribution in [2.45, 2.75) is 38.5 Å². The highest BCUT2D eigenvalue weighted by atomic mass is 32.1. The van der Waals surface area contributed by atoms with Crippen molar-refractivity contribution in [3.05, 3.63) is 27.1 Å². The molecule has 4 aliphatic carbocycles. The zero-order valence-corrected chi connectivity index (χ0v) is 14.0. The van der Waals surface area contributed by atoms with Gasteiger partial charge in [-0.25, -0.2) is 4.79 Å². The molecule has 4 aliphatic rings. The van der Waals surface area contributed by atoms with E-state index in [-0.39, 0.29) is 27.7 Å². The van der Waals surface area contributed by atoms with Crippen LogP contribution in [0.25, 0.3) is 0 Å². The number of thiophene rings is 1. The van der Waals surface area contributed by atoms with Crippen molar-refractivity contribution >= 4 is 28.1 Å². The lowest BCUT2D eigenvalue weighted by Gasteiger charge is -2.55. The Bertz CT molecular complexity index is 674. The molecule has 5 rings (SSSR count). The van der Waals surface area contributed by atoms with Gasteiger partial charge in [0.1, 0.15) is 4.88 Å². The molecule has 0 radical (unpaired) electrons. The lowest BCUT2D eigenvalue weighted by molar-refractivity contribution is -0.380. The maximum atomic E-state index is 12.8. The number of esters is 1. The van der Waals surface area contributed by atoms with Crippen molar-refractivity contribution in [3.63, 3.8) is 0 Å². The van der Waals surface area contributed by atoms with E-state index < -0.39 is 10.9 Å². The minimum Gasteiger partial charge on any atom is -0.453 e. The van der Waals surface area contributed by atoms with Gasteiger partial charge in [0.15, 0.2) is 12.4 Å². The SMILES string of the molecule is O=C(OCC(=O)C12CC3CC(CC(C3)C1)C2)c1ccc([N+](=O)[O-])s1. The molecule has 0 amide bonds. The quantitative estimate of drug-likeness (QED) is 0.460. The van der Waals surface area contributed by atoms with E-state index in [1.54, 1.807) is 0 Å². The number of carbonyl (C=O) groups is 2. The number of carbonyl (C=O) groups excluding carboxylic acids is 2. The first-order valence-corrected chi connectivity index (χ1v) is 9.21. The zero-order chi connectivity index (χ0) is 16.9. The predicted octanol–water partition coefficient (Wildman–Crippen LogP) is 3.60. The van der Waals surface area contributed by atoms with Crippen LogP contribution in [-0.4, -0.2) is 23.3 Å². The molecule has 0 spiro atoms. The van der Waals surface area contributed by atoms with Gasteiger partial charge < -0.3 is 4.74 Å². The minimum atomic E-state index is -0.647. The normalized spacial score (nSPS) is 33.4. The van der Waals surface area contributed by atoms with Crippen molar-refractivity contribution in [2.75, 3.05) is 6.61 Å². The summed E-state index contributed by atoms with van der Waals surface area (Å²) >= 11 is 0.775. The number of ether oxygens (including phenoxy) is 1. The Hall–Kier alpha value is -1.76.